The van der Waals surface area contributed by atoms with E-state index in [2.05, 4.69) is 58.3 Å². The minimum Gasteiger partial charge on any atom is -0.406 e. The van der Waals surface area contributed by atoms with Crippen LogP contribution in [0.3, 0.4) is 0 Å². The number of nitrogens with zero attached hydrogens (tertiary/aromatic N) is 1. The van der Waals surface area contributed by atoms with Crippen LogP contribution >= 0.6 is 0 Å². The molecule has 1 aliphatic rings. The Hall–Kier alpha value is -2.73. The molecule has 0 amide bonds. The van der Waals surface area contributed by atoms with Gasteiger partial charge in [0.15, 0.2) is 0 Å². The van der Waals surface area contributed by atoms with E-state index in [1.807, 2.05) is 6.07 Å². The minimum absolute atomic E-state index is 0.195. The monoisotopic (exact) mass is 400 g/mol. The maximum Gasteiger partial charge on any atom is 0.573 e. The van der Waals surface area contributed by atoms with Gasteiger partial charge in [0.1, 0.15) is 5.75 Å². The fraction of sp³-hybridized carbons (Fsp3) is 0.304. The lowest BCUT2D eigenvalue weighted by Gasteiger charge is -2.23. The lowest BCUT2D eigenvalue weighted by molar-refractivity contribution is -0.274. The standard InChI is InChI=1S/C23H23F3N2O/c1-16(21-8-4-6-17-5-2-3-7-22(17)21)27-18-13-14-28(15-18)19-9-11-20(12-10-19)29-23(24,25)26/h2-12,16,18,27H,13-15H2,1H3/t16-,18+/m1/s1. The molecule has 0 unspecified atom stereocenters. The van der Waals surface area contributed by atoms with E-state index in [4.69, 9.17) is 0 Å². The van der Waals surface area contributed by atoms with Gasteiger partial charge in [0.25, 0.3) is 0 Å². The lowest BCUT2D eigenvalue weighted by atomic mass is 9.99. The van der Waals surface area contributed by atoms with E-state index in [0.717, 1.165) is 25.2 Å². The third kappa shape index (κ3) is 4.65. The number of hydrogen-bond acceptors (Lipinski definition) is 3. The summed E-state index contributed by atoms with van der Waals surface area (Å²) in [4.78, 5) is 2.19. The zero-order valence-electron chi connectivity index (χ0n) is 16.1. The van der Waals surface area contributed by atoms with Crippen molar-refractivity contribution in [3.05, 3.63) is 72.3 Å². The summed E-state index contributed by atoms with van der Waals surface area (Å²) in [7, 11) is 0. The van der Waals surface area contributed by atoms with Gasteiger partial charge in [0, 0.05) is 30.9 Å². The molecule has 4 rings (SSSR count). The molecule has 29 heavy (non-hydrogen) atoms. The maximum atomic E-state index is 12.3. The van der Waals surface area contributed by atoms with Crippen molar-refractivity contribution in [2.24, 2.45) is 0 Å². The molecule has 3 nitrogen and oxygen atoms in total. The largest absolute Gasteiger partial charge is 0.573 e. The third-order valence-corrected chi connectivity index (χ3v) is 5.40. The molecule has 1 N–H and O–H groups in total. The normalized spacial score (nSPS) is 18.2. The van der Waals surface area contributed by atoms with Gasteiger partial charge in [-0.2, -0.15) is 0 Å². The number of hydrogen-bond donors (Lipinski definition) is 1. The first kappa shape index (κ1) is 19.6. The van der Waals surface area contributed by atoms with Crippen LogP contribution in [0.4, 0.5) is 18.9 Å². The first-order chi connectivity index (χ1) is 13.9. The molecule has 1 heterocycles. The molecule has 0 spiro atoms. The van der Waals surface area contributed by atoms with E-state index < -0.39 is 6.36 Å². The molecule has 0 bridgehead atoms. The second kappa shape index (κ2) is 7.95. The molecule has 1 aliphatic heterocycles. The SMILES string of the molecule is C[C@@H](N[C@H]1CCN(c2ccc(OC(F)(F)F)cc2)C1)c1cccc2ccccc12. The summed E-state index contributed by atoms with van der Waals surface area (Å²) in [5.74, 6) is -0.195. The van der Waals surface area contributed by atoms with Crippen LogP contribution in [0.1, 0.15) is 24.9 Å². The van der Waals surface area contributed by atoms with Crippen molar-refractivity contribution >= 4 is 16.5 Å². The van der Waals surface area contributed by atoms with Crippen molar-refractivity contribution in [1.29, 1.82) is 0 Å². The summed E-state index contributed by atoms with van der Waals surface area (Å²) in [6.07, 6.45) is -3.68. The van der Waals surface area contributed by atoms with Crippen LogP contribution in [-0.4, -0.2) is 25.5 Å². The van der Waals surface area contributed by atoms with Crippen molar-refractivity contribution in [3.8, 4) is 5.75 Å². The van der Waals surface area contributed by atoms with E-state index in [-0.39, 0.29) is 11.8 Å². The van der Waals surface area contributed by atoms with E-state index in [1.165, 1.54) is 28.5 Å². The maximum absolute atomic E-state index is 12.3. The van der Waals surface area contributed by atoms with Crippen molar-refractivity contribution < 1.29 is 17.9 Å². The Morgan fingerprint density at radius 2 is 1.72 bits per heavy atom. The number of alkyl halides is 3. The molecule has 2 atom stereocenters. The lowest BCUT2D eigenvalue weighted by Crippen LogP contribution is -2.34. The van der Waals surface area contributed by atoms with Crippen LogP contribution in [0.25, 0.3) is 10.8 Å². The van der Waals surface area contributed by atoms with E-state index in [9.17, 15) is 13.2 Å². The molecule has 6 heteroatoms. The topological polar surface area (TPSA) is 24.5 Å². The van der Waals surface area contributed by atoms with Crippen molar-refractivity contribution in [1.82, 2.24) is 5.32 Å². The number of ether oxygens (including phenoxy) is 1. The highest BCUT2D eigenvalue weighted by Crippen LogP contribution is 2.29. The number of anilines is 1. The summed E-state index contributed by atoms with van der Waals surface area (Å²) >= 11 is 0. The van der Waals surface area contributed by atoms with Crippen LogP contribution in [0.5, 0.6) is 5.75 Å². The van der Waals surface area contributed by atoms with Gasteiger partial charge in [-0.1, -0.05) is 42.5 Å². The van der Waals surface area contributed by atoms with Crippen LogP contribution < -0.4 is 15.0 Å². The Kier molecular flexibility index (Phi) is 5.37. The summed E-state index contributed by atoms with van der Waals surface area (Å²) in [6.45, 7) is 3.85. The van der Waals surface area contributed by atoms with E-state index >= 15 is 0 Å². The van der Waals surface area contributed by atoms with Crippen LogP contribution in [0, 0.1) is 0 Å². The molecule has 3 aromatic carbocycles. The Bertz CT molecular complexity index is 967. The Labute approximate surface area is 168 Å². The van der Waals surface area contributed by atoms with Gasteiger partial charge in [-0.3, -0.25) is 0 Å². The first-order valence-electron chi connectivity index (χ1n) is 9.73. The molecule has 1 saturated heterocycles. The average molecular weight is 400 g/mol. The number of halogens is 3. The minimum atomic E-state index is -4.66. The zero-order valence-corrected chi connectivity index (χ0v) is 16.1. The highest BCUT2D eigenvalue weighted by atomic mass is 19.4. The summed E-state index contributed by atoms with van der Waals surface area (Å²) in [5.41, 5.74) is 2.18. The molecule has 152 valence electrons. The van der Waals surface area contributed by atoms with Crippen molar-refractivity contribution in [2.45, 2.75) is 31.8 Å². The molecule has 0 saturated carbocycles. The van der Waals surface area contributed by atoms with Gasteiger partial charge in [0.05, 0.1) is 0 Å². The molecular weight excluding hydrogens is 377 g/mol. The second-order valence-corrected chi connectivity index (χ2v) is 7.43. The Morgan fingerprint density at radius 1 is 1.00 bits per heavy atom. The number of fused-ring (bicyclic) bond motifs is 1. The smallest absolute Gasteiger partial charge is 0.406 e. The second-order valence-electron chi connectivity index (χ2n) is 7.43. The average Bonchev–Trinajstić information content (AvgIpc) is 3.15. The Morgan fingerprint density at radius 3 is 2.48 bits per heavy atom. The third-order valence-electron chi connectivity index (χ3n) is 5.40. The fourth-order valence-corrected chi connectivity index (χ4v) is 4.06. The van der Waals surface area contributed by atoms with Crippen molar-refractivity contribution in [2.75, 3.05) is 18.0 Å². The molecule has 0 aliphatic carbocycles. The van der Waals surface area contributed by atoms with Gasteiger partial charge in [0.2, 0.25) is 0 Å². The first-order valence-corrected chi connectivity index (χ1v) is 9.73. The van der Waals surface area contributed by atoms with Crippen LogP contribution in [-0.2, 0) is 0 Å². The van der Waals surface area contributed by atoms with E-state index in [1.54, 1.807) is 12.1 Å². The van der Waals surface area contributed by atoms with Gasteiger partial charge >= 0.3 is 6.36 Å². The van der Waals surface area contributed by atoms with Gasteiger partial charge < -0.3 is 15.0 Å². The zero-order chi connectivity index (χ0) is 20.4. The summed E-state index contributed by atoms with van der Waals surface area (Å²) in [6, 6.07) is 21.3. The highest BCUT2D eigenvalue weighted by Gasteiger charge is 2.31. The fourth-order valence-electron chi connectivity index (χ4n) is 4.06. The predicted octanol–water partition coefficient (Wildman–Crippen LogP) is 5.67. The Balaban J connectivity index is 1.40. The van der Waals surface area contributed by atoms with Gasteiger partial charge in [-0.25, -0.2) is 0 Å². The summed E-state index contributed by atoms with van der Waals surface area (Å²) in [5, 5.41) is 6.20. The van der Waals surface area contributed by atoms with Crippen molar-refractivity contribution in [3.63, 3.8) is 0 Å². The number of benzene rings is 3. The molecule has 3 aromatic rings. The highest BCUT2D eigenvalue weighted by molar-refractivity contribution is 5.86. The van der Waals surface area contributed by atoms with Gasteiger partial charge in [-0.15, -0.1) is 13.2 Å². The van der Waals surface area contributed by atoms with Crippen LogP contribution in [0.2, 0.25) is 0 Å². The molecule has 0 aromatic heterocycles. The predicted molar refractivity (Wildman–Crippen MR) is 109 cm³/mol. The summed E-state index contributed by atoms with van der Waals surface area (Å²) < 4.78 is 40.9. The quantitative estimate of drug-likeness (QED) is 0.597. The van der Waals surface area contributed by atoms with E-state index in [0.29, 0.717) is 6.04 Å². The number of rotatable bonds is 5. The van der Waals surface area contributed by atoms with Gasteiger partial charge in [-0.05, 0) is 53.9 Å². The van der Waals surface area contributed by atoms with Crippen LogP contribution in [0.15, 0.2) is 66.7 Å². The molecule has 0 radical (unpaired) electrons. The molecule has 1 fully saturated rings. The molecular formula is C23H23F3N2O. The number of nitrogens with one attached hydrogen (secondary N) is 1.